The molecular weight excluding hydrogens is 250 g/mol. The van der Waals surface area contributed by atoms with Gasteiger partial charge in [0.25, 0.3) is 0 Å². The number of hydrogen-bond acceptors (Lipinski definition) is 3. The van der Waals surface area contributed by atoms with E-state index in [1.54, 1.807) is 13.2 Å². The molecule has 94 valence electrons. The van der Waals surface area contributed by atoms with Gasteiger partial charge in [-0.2, -0.15) is 0 Å². The van der Waals surface area contributed by atoms with Gasteiger partial charge in [0.1, 0.15) is 5.75 Å². The van der Waals surface area contributed by atoms with E-state index in [4.69, 9.17) is 16.3 Å². The van der Waals surface area contributed by atoms with Crippen LogP contribution in [0, 0.1) is 0 Å². The molecule has 1 aromatic carbocycles. The van der Waals surface area contributed by atoms with Crippen LogP contribution in [0.2, 0.25) is 5.02 Å². The number of aliphatic hydroxyl groups excluding tert-OH is 1. The number of hydrogen-bond donors (Lipinski definition) is 1. The third kappa shape index (κ3) is 1.74. The fraction of sp³-hybridized carbons (Fsp3) is 0.357. The molecule has 18 heavy (non-hydrogen) atoms. The van der Waals surface area contributed by atoms with Crippen LogP contribution in [-0.2, 0) is 6.42 Å². The van der Waals surface area contributed by atoms with Crippen LogP contribution in [0.3, 0.4) is 0 Å². The molecule has 0 bridgehead atoms. The quantitative estimate of drug-likeness (QED) is 0.859. The predicted molar refractivity (Wildman–Crippen MR) is 71.2 cm³/mol. The first kappa shape index (κ1) is 11.8. The fourth-order valence-electron chi connectivity index (χ4n) is 2.62. The number of fused-ring (bicyclic) bond motifs is 2. The van der Waals surface area contributed by atoms with Crippen molar-refractivity contribution in [3.05, 3.63) is 34.5 Å². The van der Waals surface area contributed by atoms with E-state index in [-0.39, 0.29) is 0 Å². The number of nitrogens with zero attached hydrogens (tertiary/aromatic N) is 1. The molecule has 2 aromatic rings. The summed E-state index contributed by atoms with van der Waals surface area (Å²) in [6.07, 6.45) is 2.13. The Morgan fingerprint density at radius 1 is 1.44 bits per heavy atom. The molecule has 0 saturated heterocycles. The van der Waals surface area contributed by atoms with Crippen LogP contribution in [0.1, 0.15) is 30.2 Å². The first-order valence-corrected chi connectivity index (χ1v) is 6.42. The monoisotopic (exact) mass is 263 g/mol. The lowest BCUT2D eigenvalue weighted by atomic mass is 9.91. The van der Waals surface area contributed by atoms with Gasteiger partial charge in [-0.1, -0.05) is 11.6 Å². The molecule has 1 atom stereocenters. The second kappa shape index (κ2) is 4.41. The van der Waals surface area contributed by atoms with E-state index in [2.05, 4.69) is 4.98 Å². The zero-order chi connectivity index (χ0) is 12.7. The normalized spacial score (nSPS) is 18.7. The lowest BCUT2D eigenvalue weighted by Gasteiger charge is -2.23. The highest BCUT2D eigenvalue weighted by molar-refractivity contribution is 6.31. The Hall–Kier alpha value is -1.32. The first-order chi connectivity index (χ1) is 8.70. The van der Waals surface area contributed by atoms with Gasteiger partial charge in [-0.15, -0.1) is 0 Å². The second-order valence-corrected chi connectivity index (χ2v) is 5.01. The van der Waals surface area contributed by atoms with Crippen LogP contribution < -0.4 is 4.74 Å². The van der Waals surface area contributed by atoms with E-state index in [0.29, 0.717) is 5.02 Å². The van der Waals surface area contributed by atoms with Crippen molar-refractivity contribution in [3.63, 3.8) is 0 Å². The molecule has 1 aliphatic rings. The van der Waals surface area contributed by atoms with Crippen LogP contribution in [-0.4, -0.2) is 17.2 Å². The molecule has 3 nitrogen and oxygen atoms in total. The molecule has 0 fully saturated rings. The Balaban J connectivity index is 2.36. The van der Waals surface area contributed by atoms with Gasteiger partial charge >= 0.3 is 0 Å². The number of ether oxygens (including phenoxy) is 1. The van der Waals surface area contributed by atoms with Crippen molar-refractivity contribution in [2.75, 3.05) is 7.11 Å². The zero-order valence-electron chi connectivity index (χ0n) is 10.1. The minimum atomic E-state index is -0.484. The summed E-state index contributed by atoms with van der Waals surface area (Å²) in [6.45, 7) is 0. The highest BCUT2D eigenvalue weighted by atomic mass is 35.5. The molecular formula is C14H14ClNO2. The van der Waals surface area contributed by atoms with Gasteiger partial charge in [0.15, 0.2) is 0 Å². The number of rotatable bonds is 1. The number of benzene rings is 1. The molecule has 3 rings (SSSR count). The van der Waals surface area contributed by atoms with Gasteiger partial charge in [-0.25, -0.2) is 4.98 Å². The molecule has 1 aliphatic carbocycles. The summed E-state index contributed by atoms with van der Waals surface area (Å²) in [4.78, 5) is 4.56. The Morgan fingerprint density at radius 2 is 2.28 bits per heavy atom. The highest BCUT2D eigenvalue weighted by Crippen LogP contribution is 2.39. The standard InChI is InChI=1S/C14H14ClNO2/c1-18-14-9-3-2-4-12(17)13(9)16-11-6-5-8(15)7-10(11)14/h5-7,12,17H,2-4H2,1H3. The third-order valence-corrected chi connectivity index (χ3v) is 3.69. The SMILES string of the molecule is COc1c2c(nc3ccc(Cl)cc13)C(O)CCC2. The minimum Gasteiger partial charge on any atom is -0.496 e. The predicted octanol–water partition coefficient (Wildman–Crippen LogP) is 3.27. The van der Waals surface area contributed by atoms with E-state index in [1.165, 1.54) is 0 Å². The molecule has 1 heterocycles. The molecule has 0 spiro atoms. The van der Waals surface area contributed by atoms with Gasteiger partial charge in [0, 0.05) is 16.0 Å². The molecule has 1 unspecified atom stereocenters. The van der Waals surface area contributed by atoms with E-state index in [1.807, 2.05) is 12.1 Å². The molecule has 0 amide bonds. The third-order valence-electron chi connectivity index (χ3n) is 3.45. The van der Waals surface area contributed by atoms with E-state index in [9.17, 15) is 5.11 Å². The zero-order valence-corrected chi connectivity index (χ0v) is 10.9. The van der Waals surface area contributed by atoms with Crippen molar-refractivity contribution in [1.82, 2.24) is 4.98 Å². The maximum Gasteiger partial charge on any atom is 0.133 e. The van der Waals surface area contributed by atoms with Gasteiger partial charge < -0.3 is 9.84 Å². The Bertz CT molecular complexity index is 612. The Morgan fingerprint density at radius 3 is 3.06 bits per heavy atom. The molecule has 1 aromatic heterocycles. The van der Waals surface area contributed by atoms with Gasteiger partial charge in [-0.3, -0.25) is 0 Å². The molecule has 4 heteroatoms. The van der Waals surface area contributed by atoms with Gasteiger partial charge in [-0.05, 0) is 37.5 Å². The lowest BCUT2D eigenvalue weighted by molar-refractivity contribution is 0.151. The highest BCUT2D eigenvalue weighted by Gasteiger charge is 2.24. The second-order valence-electron chi connectivity index (χ2n) is 4.58. The summed E-state index contributed by atoms with van der Waals surface area (Å²) in [7, 11) is 1.65. The number of pyridine rings is 1. The average Bonchev–Trinajstić information content (AvgIpc) is 2.37. The van der Waals surface area contributed by atoms with Crippen LogP contribution in [0.5, 0.6) is 5.75 Å². The molecule has 0 radical (unpaired) electrons. The van der Waals surface area contributed by atoms with Crippen molar-refractivity contribution in [2.24, 2.45) is 0 Å². The summed E-state index contributed by atoms with van der Waals surface area (Å²) >= 11 is 6.03. The van der Waals surface area contributed by atoms with E-state index >= 15 is 0 Å². The van der Waals surface area contributed by atoms with Crippen LogP contribution >= 0.6 is 11.6 Å². The maximum atomic E-state index is 10.1. The van der Waals surface area contributed by atoms with Crippen LogP contribution in [0.25, 0.3) is 10.9 Å². The molecule has 0 aliphatic heterocycles. The van der Waals surface area contributed by atoms with Crippen molar-refractivity contribution >= 4 is 22.5 Å². The van der Waals surface area contributed by atoms with E-state index < -0.39 is 6.10 Å². The summed E-state index contributed by atoms with van der Waals surface area (Å²) < 4.78 is 5.52. The summed E-state index contributed by atoms with van der Waals surface area (Å²) in [5, 5.41) is 11.6. The Labute approximate surface area is 110 Å². The van der Waals surface area contributed by atoms with Crippen molar-refractivity contribution in [1.29, 1.82) is 0 Å². The van der Waals surface area contributed by atoms with Crippen molar-refractivity contribution in [2.45, 2.75) is 25.4 Å². The lowest BCUT2D eigenvalue weighted by Crippen LogP contribution is -2.13. The fourth-order valence-corrected chi connectivity index (χ4v) is 2.80. The number of methoxy groups -OCH3 is 1. The molecule has 0 saturated carbocycles. The van der Waals surface area contributed by atoms with Crippen LogP contribution in [0.4, 0.5) is 0 Å². The van der Waals surface area contributed by atoms with Crippen LogP contribution in [0.15, 0.2) is 18.2 Å². The van der Waals surface area contributed by atoms with Gasteiger partial charge in [0.05, 0.1) is 24.4 Å². The number of aliphatic hydroxyl groups is 1. The first-order valence-electron chi connectivity index (χ1n) is 6.05. The average molecular weight is 264 g/mol. The molecule has 1 N–H and O–H groups in total. The summed E-state index contributed by atoms with van der Waals surface area (Å²) in [5.41, 5.74) is 2.59. The minimum absolute atomic E-state index is 0.484. The summed E-state index contributed by atoms with van der Waals surface area (Å²) in [6, 6.07) is 5.53. The van der Waals surface area contributed by atoms with Crippen molar-refractivity contribution < 1.29 is 9.84 Å². The largest absolute Gasteiger partial charge is 0.496 e. The Kier molecular flexibility index (Phi) is 2.88. The maximum absolute atomic E-state index is 10.1. The van der Waals surface area contributed by atoms with Crippen molar-refractivity contribution in [3.8, 4) is 5.75 Å². The van der Waals surface area contributed by atoms with E-state index in [0.717, 1.165) is 47.2 Å². The van der Waals surface area contributed by atoms with Gasteiger partial charge in [0.2, 0.25) is 0 Å². The summed E-state index contributed by atoms with van der Waals surface area (Å²) in [5.74, 6) is 0.802. The topological polar surface area (TPSA) is 42.4 Å². The number of aromatic nitrogens is 1. The smallest absolute Gasteiger partial charge is 0.133 e. The number of halogens is 1.